The minimum atomic E-state index is -0.669. The van der Waals surface area contributed by atoms with Crippen molar-refractivity contribution in [2.75, 3.05) is 26.2 Å². The fraction of sp³-hybridized carbons (Fsp3) is 0.538. The summed E-state index contributed by atoms with van der Waals surface area (Å²) >= 11 is 6.09. The second-order valence-electron chi connectivity index (χ2n) is 4.61. The quantitative estimate of drug-likeness (QED) is 0.881. The van der Waals surface area contributed by atoms with E-state index in [1.165, 1.54) is 6.07 Å². The number of piperazine rings is 1. The molecule has 2 N–H and O–H groups in total. The normalized spacial score (nSPS) is 20.7. The van der Waals surface area contributed by atoms with Crippen molar-refractivity contribution in [2.45, 2.75) is 19.1 Å². The van der Waals surface area contributed by atoms with Gasteiger partial charge in [-0.15, -0.1) is 0 Å². The lowest BCUT2D eigenvalue weighted by atomic mass is 9.99. The van der Waals surface area contributed by atoms with Gasteiger partial charge in [0.15, 0.2) is 0 Å². The molecule has 0 aromatic heterocycles. The summed E-state index contributed by atoms with van der Waals surface area (Å²) in [5, 5.41) is 13.6. The Hall–Kier alpha value is -0.680. The van der Waals surface area contributed by atoms with E-state index in [-0.39, 0.29) is 11.9 Å². The maximum Gasteiger partial charge on any atom is 0.129 e. The van der Waals surface area contributed by atoms with E-state index in [4.69, 9.17) is 11.6 Å². The van der Waals surface area contributed by atoms with Crippen molar-refractivity contribution in [1.29, 1.82) is 0 Å². The Labute approximate surface area is 112 Å². The van der Waals surface area contributed by atoms with E-state index >= 15 is 0 Å². The molecule has 18 heavy (non-hydrogen) atoms. The number of aliphatic hydroxyl groups is 1. The number of benzene rings is 1. The zero-order valence-corrected chi connectivity index (χ0v) is 11.1. The van der Waals surface area contributed by atoms with E-state index in [1.807, 2.05) is 0 Å². The molecule has 100 valence electrons. The summed E-state index contributed by atoms with van der Waals surface area (Å²) in [6, 6.07) is 4.25. The number of nitrogens with one attached hydrogen (secondary N) is 1. The lowest BCUT2D eigenvalue weighted by Gasteiger charge is -2.37. The van der Waals surface area contributed by atoms with E-state index in [0.717, 1.165) is 26.2 Å². The van der Waals surface area contributed by atoms with Gasteiger partial charge in [-0.05, 0) is 19.1 Å². The van der Waals surface area contributed by atoms with Crippen LogP contribution in [0, 0.1) is 5.82 Å². The largest absolute Gasteiger partial charge is 0.391 e. The van der Waals surface area contributed by atoms with Crippen LogP contribution in [-0.2, 0) is 0 Å². The SMILES string of the molecule is CC(O)C(c1c(F)cccc1Cl)N1CCNCC1. The third-order valence-corrected chi connectivity index (χ3v) is 3.63. The number of nitrogens with zero attached hydrogens (tertiary/aromatic N) is 1. The van der Waals surface area contributed by atoms with E-state index in [9.17, 15) is 9.50 Å². The Bertz CT molecular complexity index is 388. The van der Waals surface area contributed by atoms with Crippen molar-refractivity contribution in [3.8, 4) is 0 Å². The fourth-order valence-electron chi connectivity index (χ4n) is 2.48. The van der Waals surface area contributed by atoms with Crippen LogP contribution in [0.4, 0.5) is 4.39 Å². The minimum absolute atomic E-state index is 0.355. The lowest BCUT2D eigenvalue weighted by Crippen LogP contribution is -2.48. The van der Waals surface area contributed by atoms with Crippen LogP contribution in [0.3, 0.4) is 0 Å². The highest BCUT2D eigenvalue weighted by molar-refractivity contribution is 6.31. The van der Waals surface area contributed by atoms with E-state index in [2.05, 4.69) is 10.2 Å². The van der Waals surface area contributed by atoms with E-state index in [1.54, 1.807) is 19.1 Å². The third kappa shape index (κ3) is 2.83. The van der Waals surface area contributed by atoms with Crippen molar-refractivity contribution in [3.63, 3.8) is 0 Å². The Balaban J connectivity index is 2.34. The zero-order chi connectivity index (χ0) is 13.1. The van der Waals surface area contributed by atoms with E-state index < -0.39 is 6.10 Å². The first kappa shape index (κ1) is 13.7. The molecule has 3 nitrogen and oxygen atoms in total. The van der Waals surface area contributed by atoms with Crippen LogP contribution in [0.15, 0.2) is 18.2 Å². The fourth-order valence-corrected chi connectivity index (χ4v) is 2.76. The van der Waals surface area contributed by atoms with Crippen molar-refractivity contribution >= 4 is 11.6 Å². The molecule has 2 unspecified atom stereocenters. The Morgan fingerprint density at radius 1 is 1.39 bits per heavy atom. The van der Waals surface area contributed by atoms with Gasteiger partial charge < -0.3 is 10.4 Å². The standard InChI is InChI=1S/C13H18ClFN2O/c1-9(18)13(17-7-5-16-6-8-17)12-10(14)3-2-4-11(12)15/h2-4,9,13,16,18H,5-8H2,1H3. The molecule has 0 saturated carbocycles. The highest BCUT2D eigenvalue weighted by Gasteiger charge is 2.30. The summed E-state index contributed by atoms with van der Waals surface area (Å²) in [6.07, 6.45) is -0.669. The van der Waals surface area contributed by atoms with Crippen molar-refractivity contribution in [3.05, 3.63) is 34.6 Å². The van der Waals surface area contributed by atoms with Crippen LogP contribution in [0.2, 0.25) is 5.02 Å². The third-order valence-electron chi connectivity index (χ3n) is 3.30. The topological polar surface area (TPSA) is 35.5 Å². The van der Waals surface area contributed by atoms with Gasteiger partial charge in [-0.1, -0.05) is 17.7 Å². The second-order valence-corrected chi connectivity index (χ2v) is 5.01. The number of rotatable bonds is 3. The predicted molar refractivity (Wildman–Crippen MR) is 70.3 cm³/mol. The van der Waals surface area contributed by atoms with Crippen molar-refractivity contribution in [1.82, 2.24) is 10.2 Å². The van der Waals surface area contributed by atoms with Crippen LogP contribution >= 0.6 is 11.6 Å². The van der Waals surface area contributed by atoms with Crippen molar-refractivity contribution in [2.24, 2.45) is 0 Å². The average molecular weight is 273 g/mol. The first-order valence-corrected chi connectivity index (χ1v) is 6.56. The Morgan fingerprint density at radius 2 is 2.06 bits per heavy atom. The molecule has 2 rings (SSSR count). The number of hydrogen-bond donors (Lipinski definition) is 2. The summed E-state index contributed by atoms with van der Waals surface area (Å²) in [6.45, 7) is 4.92. The molecule has 0 amide bonds. The second kappa shape index (κ2) is 5.97. The maximum absolute atomic E-state index is 14.0. The summed E-state index contributed by atoms with van der Waals surface area (Å²) in [4.78, 5) is 2.07. The van der Waals surface area contributed by atoms with E-state index in [0.29, 0.717) is 10.6 Å². The van der Waals surface area contributed by atoms with Crippen LogP contribution < -0.4 is 5.32 Å². The molecule has 2 atom stereocenters. The number of halogens is 2. The molecule has 0 bridgehead atoms. The van der Waals surface area contributed by atoms with Crippen molar-refractivity contribution < 1.29 is 9.50 Å². The predicted octanol–water partition coefficient (Wildman–Crippen LogP) is 1.81. The van der Waals surface area contributed by atoms with Crippen LogP contribution in [0.1, 0.15) is 18.5 Å². The molecule has 0 spiro atoms. The van der Waals surface area contributed by atoms with Gasteiger partial charge in [0.1, 0.15) is 5.82 Å². The number of aliphatic hydroxyl groups excluding tert-OH is 1. The first-order valence-electron chi connectivity index (χ1n) is 6.18. The molecule has 1 fully saturated rings. The van der Waals surface area contributed by atoms with Gasteiger partial charge in [-0.25, -0.2) is 4.39 Å². The Kier molecular flexibility index (Phi) is 4.56. The van der Waals surface area contributed by atoms with Gasteiger partial charge in [0.2, 0.25) is 0 Å². The summed E-state index contributed by atoms with van der Waals surface area (Å²) in [5.41, 5.74) is 0.399. The highest BCUT2D eigenvalue weighted by atomic mass is 35.5. The minimum Gasteiger partial charge on any atom is -0.391 e. The molecule has 5 heteroatoms. The molecular weight excluding hydrogens is 255 g/mol. The molecule has 1 aliphatic heterocycles. The molecule has 1 saturated heterocycles. The van der Waals surface area contributed by atoms with Gasteiger partial charge in [-0.3, -0.25) is 4.90 Å². The van der Waals surface area contributed by atoms with Crippen LogP contribution in [0.5, 0.6) is 0 Å². The molecule has 0 radical (unpaired) electrons. The molecular formula is C13H18ClFN2O. The zero-order valence-electron chi connectivity index (χ0n) is 10.4. The van der Waals surface area contributed by atoms with Crippen LogP contribution in [-0.4, -0.2) is 42.3 Å². The van der Waals surface area contributed by atoms with Gasteiger partial charge in [0.25, 0.3) is 0 Å². The van der Waals surface area contributed by atoms with Gasteiger partial charge in [0, 0.05) is 36.8 Å². The first-order chi connectivity index (χ1) is 8.61. The summed E-state index contributed by atoms with van der Waals surface area (Å²) < 4.78 is 14.0. The Morgan fingerprint density at radius 3 is 2.61 bits per heavy atom. The smallest absolute Gasteiger partial charge is 0.129 e. The monoisotopic (exact) mass is 272 g/mol. The molecule has 1 aromatic rings. The summed E-state index contributed by atoms with van der Waals surface area (Å²) in [5.74, 6) is -0.355. The lowest BCUT2D eigenvalue weighted by molar-refractivity contribution is 0.0506. The van der Waals surface area contributed by atoms with Gasteiger partial charge >= 0.3 is 0 Å². The van der Waals surface area contributed by atoms with Gasteiger partial charge in [0.05, 0.1) is 12.1 Å². The number of hydrogen-bond acceptors (Lipinski definition) is 3. The van der Waals surface area contributed by atoms with Gasteiger partial charge in [-0.2, -0.15) is 0 Å². The van der Waals surface area contributed by atoms with Crippen LogP contribution in [0.25, 0.3) is 0 Å². The summed E-state index contributed by atoms with van der Waals surface area (Å²) in [7, 11) is 0. The highest BCUT2D eigenvalue weighted by Crippen LogP contribution is 2.32. The molecule has 1 heterocycles. The molecule has 1 aromatic carbocycles. The molecule has 1 aliphatic rings. The molecule has 0 aliphatic carbocycles. The maximum atomic E-state index is 14.0. The average Bonchev–Trinajstić information content (AvgIpc) is 2.34.